The summed E-state index contributed by atoms with van der Waals surface area (Å²) in [5.74, 6) is -0.0521. The van der Waals surface area contributed by atoms with Crippen LogP contribution in [0.4, 0.5) is 8.78 Å². The number of fused-ring (bicyclic) bond motifs is 1. The minimum absolute atomic E-state index is 0.290. The molecular formula is C24H17BrF2O. The third kappa shape index (κ3) is 2.98. The summed E-state index contributed by atoms with van der Waals surface area (Å²) in [6.07, 6.45) is 0. The fraction of sp³-hybridized carbons (Fsp3) is 0.0833. The molecule has 0 atom stereocenters. The molecule has 0 saturated carbocycles. The number of benzene rings is 4. The predicted octanol–water partition coefficient (Wildman–Crippen LogP) is 7.53. The smallest absolute Gasteiger partial charge is 0.134 e. The van der Waals surface area contributed by atoms with E-state index >= 15 is 0 Å². The summed E-state index contributed by atoms with van der Waals surface area (Å²) < 4.78 is 35.6. The number of ether oxygens (including phenoxy) is 1. The van der Waals surface area contributed by atoms with Gasteiger partial charge in [-0.15, -0.1) is 0 Å². The first-order chi connectivity index (χ1) is 13.5. The molecular weight excluding hydrogens is 422 g/mol. The molecule has 28 heavy (non-hydrogen) atoms. The Morgan fingerprint density at radius 3 is 1.96 bits per heavy atom. The average Bonchev–Trinajstić information content (AvgIpc) is 2.70. The van der Waals surface area contributed by atoms with Gasteiger partial charge in [0.2, 0.25) is 0 Å². The molecule has 0 N–H and O–H groups in total. The zero-order valence-corrected chi connectivity index (χ0v) is 17.0. The summed E-state index contributed by atoms with van der Waals surface area (Å²) in [6, 6.07) is 19.0. The third-order valence-electron chi connectivity index (χ3n) is 4.98. The van der Waals surface area contributed by atoms with Crippen molar-refractivity contribution in [1.29, 1.82) is 0 Å². The molecule has 0 fully saturated rings. The maximum absolute atomic E-state index is 14.6. The minimum Gasteiger partial charge on any atom is -0.495 e. The maximum Gasteiger partial charge on any atom is 0.134 e. The van der Waals surface area contributed by atoms with E-state index in [-0.39, 0.29) is 11.6 Å². The van der Waals surface area contributed by atoms with E-state index in [9.17, 15) is 8.78 Å². The molecule has 0 radical (unpaired) electrons. The van der Waals surface area contributed by atoms with Crippen LogP contribution in [0.25, 0.3) is 33.0 Å². The minimum atomic E-state index is -0.319. The van der Waals surface area contributed by atoms with E-state index in [4.69, 9.17) is 4.74 Å². The lowest BCUT2D eigenvalue weighted by Gasteiger charge is -2.18. The summed E-state index contributed by atoms with van der Waals surface area (Å²) >= 11 is 3.60. The van der Waals surface area contributed by atoms with Gasteiger partial charge in [-0.3, -0.25) is 0 Å². The summed E-state index contributed by atoms with van der Waals surface area (Å²) in [5, 5.41) is 1.64. The molecule has 4 rings (SSSR count). The zero-order valence-electron chi connectivity index (χ0n) is 15.4. The van der Waals surface area contributed by atoms with Crippen molar-refractivity contribution < 1.29 is 13.5 Å². The van der Waals surface area contributed by atoms with Gasteiger partial charge in [-0.1, -0.05) is 58.4 Å². The first-order valence-electron chi connectivity index (χ1n) is 8.82. The van der Waals surface area contributed by atoms with Crippen molar-refractivity contribution in [1.82, 2.24) is 0 Å². The Morgan fingerprint density at radius 2 is 1.36 bits per heavy atom. The molecule has 0 heterocycles. The van der Waals surface area contributed by atoms with Crippen molar-refractivity contribution in [3.63, 3.8) is 0 Å². The van der Waals surface area contributed by atoms with Crippen LogP contribution in [0.2, 0.25) is 0 Å². The standard InChI is InChI=1S/C24H17BrF2O/c1-14-20(25)13-19-16(23(14)18-8-4-6-10-22(18)27)11-12-17(24(19)28-2)15-7-3-5-9-21(15)26/h3-13H,1-2H3. The first kappa shape index (κ1) is 18.6. The highest BCUT2D eigenvalue weighted by Crippen LogP contribution is 2.44. The van der Waals surface area contributed by atoms with Crippen LogP contribution < -0.4 is 4.74 Å². The van der Waals surface area contributed by atoms with Gasteiger partial charge in [-0.2, -0.15) is 0 Å². The van der Waals surface area contributed by atoms with Gasteiger partial charge >= 0.3 is 0 Å². The molecule has 0 aliphatic rings. The number of hydrogen-bond acceptors (Lipinski definition) is 1. The monoisotopic (exact) mass is 438 g/mol. The molecule has 0 bridgehead atoms. The number of halogens is 3. The Morgan fingerprint density at radius 1 is 0.750 bits per heavy atom. The molecule has 0 spiro atoms. The lowest BCUT2D eigenvalue weighted by molar-refractivity contribution is 0.421. The van der Waals surface area contributed by atoms with Crippen LogP contribution in [0.5, 0.6) is 5.75 Å². The van der Waals surface area contributed by atoms with Crippen LogP contribution in [0.1, 0.15) is 5.56 Å². The van der Waals surface area contributed by atoms with Crippen LogP contribution in [0.15, 0.2) is 71.2 Å². The fourth-order valence-corrected chi connectivity index (χ4v) is 4.07. The zero-order chi connectivity index (χ0) is 19.8. The molecule has 140 valence electrons. The van der Waals surface area contributed by atoms with Crippen molar-refractivity contribution >= 4 is 26.7 Å². The van der Waals surface area contributed by atoms with Crippen molar-refractivity contribution in [3.8, 4) is 28.0 Å². The van der Waals surface area contributed by atoms with Gasteiger partial charge in [0.1, 0.15) is 17.4 Å². The van der Waals surface area contributed by atoms with Gasteiger partial charge in [-0.25, -0.2) is 8.78 Å². The van der Waals surface area contributed by atoms with Crippen molar-refractivity contribution in [2.24, 2.45) is 0 Å². The second kappa shape index (κ2) is 7.36. The number of rotatable bonds is 3. The van der Waals surface area contributed by atoms with Crippen LogP contribution >= 0.6 is 15.9 Å². The molecule has 1 nitrogen and oxygen atoms in total. The Bertz CT molecular complexity index is 1200. The Hall–Kier alpha value is -2.72. The van der Waals surface area contributed by atoms with E-state index in [1.54, 1.807) is 37.4 Å². The van der Waals surface area contributed by atoms with Gasteiger partial charge in [0.15, 0.2) is 0 Å². The summed E-state index contributed by atoms with van der Waals surface area (Å²) in [6.45, 7) is 1.95. The van der Waals surface area contributed by atoms with Gasteiger partial charge < -0.3 is 4.74 Å². The Labute approximate surface area is 170 Å². The normalized spacial score (nSPS) is 11.0. The van der Waals surface area contributed by atoms with E-state index in [1.165, 1.54) is 12.1 Å². The highest BCUT2D eigenvalue weighted by molar-refractivity contribution is 9.10. The summed E-state index contributed by atoms with van der Waals surface area (Å²) in [7, 11) is 1.57. The lowest BCUT2D eigenvalue weighted by atomic mass is 9.91. The third-order valence-corrected chi connectivity index (χ3v) is 5.80. The molecule has 0 aliphatic carbocycles. The van der Waals surface area contributed by atoms with Crippen LogP contribution in [0, 0.1) is 18.6 Å². The second-order valence-corrected chi connectivity index (χ2v) is 7.41. The lowest BCUT2D eigenvalue weighted by Crippen LogP contribution is -1.96. The van der Waals surface area contributed by atoms with E-state index in [1.807, 2.05) is 31.2 Å². The highest BCUT2D eigenvalue weighted by atomic mass is 79.9. The maximum atomic E-state index is 14.6. The van der Waals surface area contributed by atoms with Crippen LogP contribution in [0.3, 0.4) is 0 Å². The molecule has 4 heteroatoms. The van der Waals surface area contributed by atoms with Crippen molar-refractivity contribution in [3.05, 3.63) is 88.4 Å². The largest absolute Gasteiger partial charge is 0.495 e. The van der Waals surface area contributed by atoms with Crippen LogP contribution in [-0.2, 0) is 0 Å². The van der Waals surface area contributed by atoms with Gasteiger partial charge in [-0.05, 0) is 47.7 Å². The first-order valence-corrected chi connectivity index (χ1v) is 9.62. The van der Waals surface area contributed by atoms with E-state index < -0.39 is 0 Å². The summed E-state index contributed by atoms with van der Waals surface area (Å²) in [5.41, 5.74) is 3.36. The Balaban J connectivity index is 2.11. The quantitative estimate of drug-likeness (QED) is 0.321. The van der Waals surface area contributed by atoms with Gasteiger partial charge in [0.25, 0.3) is 0 Å². The van der Waals surface area contributed by atoms with Crippen LogP contribution in [-0.4, -0.2) is 7.11 Å². The molecule has 0 aliphatic heterocycles. The van der Waals surface area contributed by atoms with Crippen molar-refractivity contribution in [2.45, 2.75) is 6.92 Å². The molecule has 0 unspecified atom stereocenters. The Kier molecular flexibility index (Phi) is 4.90. The highest BCUT2D eigenvalue weighted by Gasteiger charge is 2.19. The summed E-state index contributed by atoms with van der Waals surface area (Å²) in [4.78, 5) is 0. The van der Waals surface area contributed by atoms with E-state index in [0.29, 0.717) is 22.4 Å². The number of methoxy groups -OCH3 is 1. The topological polar surface area (TPSA) is 9.23 Å². The number of hydrogen-bond donors (Lipinski definition) is 0. The van der Waals surface area contributed by atoms with Crippen molar-refractivity contribution in [2.75, 3.05) is 7.11 Å². The fourth-order valence-electron chi connectivity index (χ4n) is 3.64. The van der Waals surface area contributed by atoms with Gasteiger partial charge in [0, 0.05) is 26.5 Å². The van der Waals surface area contributed by atoms with Gasteiger partial charge in [0.05, 0.1) is 7.11 Å². The average molecular weight is 439 g/mol. The molecule has 0 amide bonds. The molecule has 0 saturated heterocycles. The predicted molar refractivity (Wildman–Crippen MR) is 114 cm³/mol. The molecule has 0 aromatic heterocycles. The molecule has 4 aromatic rings. The SMILES string of the molecule is COc1c(-c2ccccc2F)ccc2c(-c3ccccc3F)c(C)c(Br)cc12. The second-order valence-electron chi connectivity index (χ2n) is 6.56. The molecule has 4 aromatic carbocycles. The van der Waals surface area contributed by atoms with E-state index in [0.717, 1.165) is 26.4 Å². The van der Waals surface area contributed by atoms with E-state index in [2.05, 4.69) is 15.9 Å².